The predicted molar refractivity (Wildman–Crippen MR) is 136 cm³/mol. The lowest BCUT2D eigenvalue weighted by Crippen LogP contribution is -2.29. The lowest BCUT2D eigenvalue weighted by atomic mass is 9.96. The number of aliphatic hydroxyl groups is 1. The third-order valence-electron chi connectivity index (χ3n) is 5.78. The summed E-state index contributed by atoms with van der Waals surface area (Å²) < 4.78 is 6.53. The van der Waals surface area contributed by atoms with Gasteiger partial charge in [-0.2, -0.15) is 0 Å². The Balaban J connectivity index is 1.64. The van der Waals surface area contributed by atoms with Crippen LogP contribution in [0.15, 0.2) is 72.6 Å². The van der Waals surface area contributed by atoms with Crippen molar-refractivity contribution < 1.29 is 19.4 Å². The number of fused-ring (bicyclic) bond motifs is 1. The van der Waals surface area contributed by atoms with Gasteiger partial charge >= 0.3 is 5.91 Å². The van der Waals surface area contributed by atoms with Crippen LogP contribution in [0.5, 0.6) is 5.75 Å². The van der Waals surface area contributed by atoms with Crippen LogP contribution in [0, 0.1) is 6.92 Å². The highest BCUT2D eigenvalue weighted by Gasteiger charge is 2.48. The Kier molecular flexibility index (Phi) is 6.05. The first-order chi connectivity index (χ1) is 17.0. The molecule has 1 aliphatic rings. The van der Waals surface area contributed by atoms with Crippen LogP contribution in [0.25, 0.3) is 16.0 Å². The smallest absolute Gasteiger partial charge is 0.301 e. The van der Waals surface area contributed by atoms with E-state index in [1.54, 1.807) is 48.8 Å². The molecule has 0 spiro atoms. The normalized spacial score (nSPS) is 17.3. The van der Waals surface area contributed by atoms with Crippen molar-refractivity contribution in [1.29, 1.82) is 0 Å². The maximum absolute atomic E-state index is 13.3. The van der Waals surface area contributed by atoms with Crippen LogP contribution in [-0.2, 0) is 9.59 Å². The number of ether oxygens (including phenoxy) is 1. The number of rotatable bonds is 6. The van der Waals surface area contributed by atoms with E-state index in [9.17, 15) is 14.7 Å². The molecule has 0 aliphatic carbocycles. The number of ketones is 1. The minimum atomic E-state index is -0.860. The van der Waals surface area contributed by atoms with Gasteiger partial charge in [0.05, 0.1) is 28.4 Å². The molecule has 1 atom stereocenters. The molecule has 3 heterocycles. The van der Waals surface area contributed by atoms with E-state index < -0.39 is 17.7 Å². The molecule has 2 aromatic heterocycles. The van der Waals surface area contributed by atoms with Crippen molar-refractivity contribution in [2.45, 2.75) is 26.3 Å². The van der Waals surface area contributed by atoms with Crippen molar-refractivity contribution in [2.24, 2.45) is 0 Å². The lowest BCUT2D eigenvalue weighted by molar-refractivity contribution is -0.132. The maximum atomic E-state index is 13.3. The van der Waals surface area contributed by atoms with Crippen LogP contribution < -0.4 is 9.64 Å². The minimum Gasteiger partial charge on any atom is -0.507 e. The molecule has 1 fully saturated rings. The SMILES string of the molecule is CCCOc1ccc(/C(O)=C2\C(=O)C(=O)N(c3nc4ccc(C)cc4s3)C2c2cccnc2)cc1. The first-order valence-corrected chi connectivity index (χ1v) is 12.1. The third-order valence-corrected chi connectivity index (χ3v) is 6.80. The summed E-state index contributed by atoms with van der Waals surface area (Å²) in [5.74, 6) is -1.09. The van der Waals surface area contributed by atoms with E-state index in [1.807, 2.05) is 32.0 Å². The quantitative estimate of drug-likeness (QED) is 0.223. The first kappa shape index (κ1) is 22.7. The zero-order valence-corrected chi connectivity index (χ0v) is 20.1. The highest BCUT2D eigenvalue weighted by molar-refractivity contribution is 7.22. The van der Waals surface area contributed by atoms with Crippen molar-refractivity contribution in [2.75, 3.05) is 11.5 Å². The molecule has 4 aromatic rings. The largest absolute Gasteiger partial charge is 0.507 e. The highest BCUT2D eigenvalue weighted by Crippen LogP contribution is 2.44. The van der Waals surface area contributed by atoms with E-state index in [4.69, 9.17) is 4.74 Å². The second-order valence-corrected chi connectivity index (χ2v) is 9.31. The number of Topliss-reactive ketones (excluding diaryl/α,β-unsaturated/α-hetero) is 1. The Morgan fingerprint density at radius 1 is 1.14 bits per heavy atom. The molecule has 0 bridgehead atoms. The molecule has 1 N–H and O–H groups in total. The summed E-state index contributed by atoms with van der Waals surface area (Å²) in [6.45, 7) is 4.59. The zero-order chi connectivity index (χ0) is 24.5. The number of benzene rings is 2. The van der Waals surface area contributed by atoms with E-state index in [2.05, 4.69) is 9.97 Å². The van der Waals surface area contributed by atoms with E-state index in [1.165, 1.54) is 16.2 Å². The number of aromatic nitrogens is 2. The van der Waals surface area contributed by atoms with Gasteiger partial charge in [0.15, 0.2) is 5.13 Å². The van der Waals surface area contributed by atoms with Crippen LogP contribution in [0.3, 0.4) is 0 Å². The molecule has 5 rings (SSSR count). The lowest BCUT2D eigenvalue weighted by Gasteiger charge is -2.22. The average molecular weight is 486 g/mol. The van der Waals surface area contributed by atoms with Crippen molar-refractivity contribution in [3.63, 3.8) is 0 Å². The van der Waals surface area contributed by atoms with E-state index in [0.717, 1.165) is 22.2 Å². The molecule has 35 heavy (non-hydrogen) atoms. The summed E-state index contributed by atoms with van der Waals surface area (Å²) in [6.07, 6.45) is 4.09. The average Bonchev–Trinajstić information content (AvgIpc) is 3.40. The van der Waals surface area contributed by atoms with E-state index in [0.29, 0.717) is 28.6 Å². The van der Waals surface area contributed by atoms with Gasteiger partial charge in [-0.15, -0.1) is 0 Å². The Labute approximate surface area is 206 Å². The minimum absolute atomic E-state index is 0.000614. The van der Waals surface area contributed by atoms with Gasteiger partial charge in [-0.1, -0.05) is 30.4 Å². The van der Waals surface area contributed by atoms with Crippen molar-refractivity contribution >= 4 is 44.1 Å². The Bertz CT molecular complexity index is 1440. The summed E-state index contributed by atoms with van der Waals surface area (Å²) in [6, 6.07) is 15.3. The van der Waals surface area contributed by atoms with Gasteiger partial charge in [0.1, 0.15) is 11.5 Å². The topological polar surface area (TPSA) is 92.6 Å². The number of amides is 1. The Morgan fingerprint density at radius 2 is 1.94 bits per heavy atom. The Hall–Kier alpha value is -4.04. The fourth-order valence-electron chi connectivity index (χ4n) is 4.09. The van der Waals surface area contributed by atoms with Crippen molar-refractivity contribution in [1.82, 2.24) is 9.97 Å². The number of thiazole rings is 1. The van der Waals surface area contributed by atoms with Gasteiger partial charge in [-0.3, -0.25) is 19.5 Å². The first-order valence-electron chi connectivity index (χ1n) is 11.3. The van der Waals surface area contributed by atoms with Crippen LogP contribution in [-0.4, -0.2) is 33.4 Å². The van der Waals surface area contributed by atoms with Gasteiger partial charge in [0.2, 0.25) is 0 Å². The summed E-state index contributed by atoms with van der Waals surface area (Å²) in [5, 5.41) is 11.6. The number of aryl methyl sites for hydroxylation is 1. The molecular formula is C27H23N3O4S. The molecule has 1 amide bonds. The van der Waals surface area contributed by atoms with Crippen molar-refractivity contribution in [3.8, 4) is 5.75 Å². The summed E-state index contributed by atoms with van der Waals surface area (Å²) in [5.41, 5.74) is 2.84. The molecule has 2 aromatic carbocycles. The van der Waals surface area contributed by atoms with Crippen molar-refractivity contribution in [3.05, 3.63) is 89.3 Å². The van der Waals surface area contributed by atoms with Crippen LogP contribution >= 0.6 is 11.3 Å². The number of carbonyl (C=O) groups is 2. The molecule has 7 nitrogen and oxygen atoms in total. The predicted octanol–water partition coefficient (Wildman–Crippen LogP) is 5.41. The monoisotopic (exact) mass is 485 g/mol. The van der Waals surface area contributed by atoms with E-state index in [-0.39, 0.29) is 11.3 Å². The Morgan fingerprint density at radius 3 is 2.66 bits per heavy atom. The number of pyridine rings is 1. The van der Waals surface area contributed by atoms with Crippen LogP contribution in [0.2, 0.25) is 0 Å². The number of hydrogen-bond acceptors (Lipinski definition) is 7. The molecule has 176 valence electrons. The molecule has 8 heteroatoms. The van der Waals surface area contributed by atoms with Gasteiger partial charge in [0, 0.05) is 18.0 Å². The molecule has 0 saturated carbocycles. The summed E-state index contributed by atoms with van der Waals surface area (Å²) >= 11 is 1.33. The van der Waals surface area contributed by atoms with E-state index >= 15 is 0 Å². The third kappa shape index (κ3) is 4.17. The standard InChI is InChI=1S/C27H23N3O4S/c1-3-13-34-19-9-7-17(8-10-19)24(31)22-23(18-5-4-12-28-15-18)30(26(33)25(22)32)27-29-20-11-6-16(2)14-21(20)35-27/h4-12,14-15,23,31H,3,13H2,1-2H3/b24-22+. The zero-order valence-electron chi connectivity index (χ0n) is 19.3. The molecule has 1 saturated heterocycles. The van der Waals surface area contributed by atoms with Crippen LogP contribution in [0.1, 0.15) is 36.1 Å². The number of anilines is 1. The number of aliphatic hydroxyl groups excluding tert-OH is 1. The number of carbonyl (C=O) groups excluding carboxylic acids is 2. The second kappa shape index (κ2) is 9.31. The molecule has 0 radical (unpaired) electrons. The summed E-state index contributed by atoms with van der Waals surface area (Å²) in [4.78, 5) is 36.8. The number of nitrogens with zero attached hydrogens (tertiary/aromatic N) is 3. The molecule has 1 unspecified atom stereocenters. The van der Waals surface area contributed by atoms with Crippen LogP contribution in [0.4, 0.5) is 5.13 Å². The molecule has 1 aliphatic heterocycles. The number of hydrogen-bond donors (Lipinski definition) is 1. The molecular weight excluding hydrogens is 462 g/mol. The highest BCUT2D eigenvalue weighted by atomic mass is 32.1. The fraction of sp³-hybridized carbons (Fsp3) is 0.185. The van der Waals surface area contributed by atoms with Gasteiger partial charge in [0.25, 0.3) is 5.78 Å². The maximum Gasteiger partial charge on any atom is 0.301 e. The fourth-order valence-corrected chi connectivity index (χ4v) is 5.18. The summed E-state index contributed by atoms with van der Waals surface area (Å²) in [7, 11) is 0. The van der Waals surface area contributed by atoms with Gasteiger partial charge < -0.3 is 9.84 Å². The second-order valence-electron chi connectivity index (χ2n) is 8.30. The van der Waals surface area contributed by atoms with Gasteiger partial charge in [-0.05, 0) is 66.9 Å². The van der Waals surface area contributed by atoms with Gasteiger partial charge in [-0.25, -0.2) is 4.98 Å².